The van der Waals surface area contributed by atoms with Crippen LogP contribution in [0.1, 0.15) is 6.92 Å². The molecule has 0 aromatic heterocycles. The molecule has 8 unspecified atom stereocenters. The first-order valence-electron chi connectivity index (χ1n) is 17.8. The minimum absolute atomic E-state index is 0.00965. The molecule has 0 aromatic rings. The third-order valence-corrected chi connectivity index (χ3v) is 12.4. The molecular weight excluding hydrogens is 743 g/mol. The predicted octanol–water partition coefficient (Wildman–Crippen LogP) is 6.58. The maximum absolute atomic E-state index is 13.6. The van der Waals surface area contributed by atoms with Crippen molar-refractivity contribution in [3.8, 4) is 0 Å². The predicted molar refractivity (Wildman–Crippen MR) is 212 cm³/mol. The average molecular weight is 812 g/mol. The van der Waals surface area contributed by atoms with Gasteiger partial charge in [0.15, 0.2) is 47.9 Å². The molecule has 12 nitrogen and oxygen atoms in total. The van der Waals surface area contributed by atoms with Gasteiger partial charge >= 0.3 is 5.97 Å². The monoisotopic (exact) mass is 811 g/mol. The van der Waals surface area contributed by atoms with Crippen LogP contribution < -0.4 is 5.32 Å². The molecule has 0 aliphatic carbocycles. The molecule has 0 aromatic carbocycles. The molecule has 0 radical (unpaired) electrons. The van der Waals surface area contributed by atoms with Crippen LogP contribution in [-0.2, 0) is 50.4 Å². The highest BCUT2D eigenvalue weighted by molar-refractivity contribution is 6.72. The van der Waals surface area contributed by atoms with Crippen molar-refractivity contribution in [1.82, 2.24) is 5.32 Å². The molecule has 1 fully saturated rings. The fraction of sp³-hybridized carbons (Fsp3) is 0.875. The maximum Gasteiger partial charge on any atom is 0.360 e. The van der Waals surface area contributed by atoms with E-state index in [1.807, 2.05) is 19.6 Å². The minimum atomic E-state index is -2.30. The van der Waals surface area contributed by atoms with Crippen molar-refractivity contribution in [2.45, 2.75) is 174 Å². The van der Waals surface area contributed by atoms with Crippen molar-refractivity contribution < 1.29 is 50.4 Å². The van der Waals surface area contributed by atoms with Crippen LogP contribution in [0.2, 0.25) is 118 Å². The van der Waals surface area contributed by atoms with Crippen molar-refractivity contribution in [2.75, 3.05) is 6.61 Å². The second kappa shape index (κ2) is 16.9. The highest BCUT2D eigenvalue weighted by atomic mass is 28.4. The van der Waals surface area contributed by atoms with E-state index in [4.69, 9.17) is 40.8 Å². The summed E-state index contributed by atoms with van der Waals surface area (Å²) in [5, 5.41) is 3.08. The van der Waals surface area contributed by atoms with Crippen LogP contribution in [-0.4, -0.2) is 118 Å². The zero-order chi connectivity index (χ0) is 38.8. The Bertz CT molecular complexity index is 1180. The Morgan fingerprint density at radius 2 is 1.14 bits per heavy atom. The quantitative estimate of drug-likeness (QED) is 0.170. The van der Waals surface area contributed by atoms with E-state index in [-0.39, 0.29) is 18.3 Å². The van der Waals surface area contributed by atoms with Crippen molar-refractivity contribution in [1.29, 1.82) is 0 Å². The molecule has 1 saturated heterocycles. The molecule has 2 aliphatic heterocycles. The average Bonchev–Trinajstić information content (AvgIpc) is 2.83. The highest BCUT2D eigenvalue weighted by Gasteiger charge is 2.54. The molecule has 1 N–H and O–H groups in total. The van der Waals surface area contributed by atoms with E-state index in [0.29, 0.717) is 0 Å². The summed E-state index contributed by atoms with van der Waals surface area (Å²) < 4.78 is 59.6. The fourth-order valence-corrected chi connectivity index (χ4v) is 10.7. The van der Waals surface area contributed by atoms with Gasteiger partial charge in [-0.25, -0.2) is 4.79 Å². The van der Waals surface area contributed by atoms with E-state index in [2.05, 4.69) is 104 Å². The van der Waals surface area contributed by atoms with E-state index in [1.165, 1.54) is 6.92 Å². The molecule has 0 saturated carbocycles. The number of ether oxygens (including phenoxy) is 3. The van der Waals surface area contributed by atoms with Crippen LogP contribution in [0.3, 0.4) is 0 Å². The van der Waals surface area contributed by atoms with Crippen molar-refractivity contribution in [3.05, 3.63) is 11.8 Å². The van der Waals surface area contributed by atoms with E-state index in [0.717, 1.165) is 0 Å². The standard InChI is InChI=1S/C32H69NO11Si6/c1-22(34)33-26-29(27(41-47(8,9)10)25(21-36-45(2,3)4)38-31(26)44-50(17,18)19)39-32-28(42-48(11,12)13)23(40-46(5,6)7)20-24(37-32)30(35)43-49(14,15)16/h20,23,25-29,31-32H,21H2,1-19H3,(H,33,34). The second-order valence-corrected chi connectivity index (χ2v) is 45.9. The van der Waals surface area contributed by atoms with Gasteiger partial charge in [-0.3, -0.25) is 4.79 Å². The third kappa shape index (κ3) is 16.7. The molecule has 2 aliphatic rings. The van der Waals surface area contributed by atoms with Gasteiger partial charge in [0.2, 0.25) is 26.3 Å². The number of hydrogen-bond acceptors (Lipinski definition) is 11. The summed E-state index contributed by atoms with van der Waals surface area (Å²) in [5.41, 5.74) is 0. The lowest BCUT2D eigenvalue weighted by Crippen LogP contribution is -2.69. The van der Waals surface area contributed by atoms with Gasteiger partial charge < -0.3 is 46.1 Å². The molecule has 1 amide bonds. The molecule has 292 valence electrons. The molecule has 18 heteroatoms. The Morgan fingerprint density at radius 3 is 1.58 bits per heavy atom. The first kappa shape index (κ1) is 45.7. The first-order valence-corrected chi connectivity index (χ1v) is 38.2. The third-order valence-electron chi connectivity index (χ3n) is 6.68. The molecular formula is C32H69NO11Si6. The number of amides is 1. The lowest BCUT2D eigenvalue weighted by atomic mass is 9.96. The van der Waals surface area contributed by atoms with Gasteiger partial charge in [0.1, 0.15) is 30.5 Å². The number of nitrogens with one attached hydrogen (secondary N) is 1. The van der Waals surface area contributed by atoms with Gasteiger partial charge in [-0.2, -0.15) is 0 Å². The number of carbonyl (C=O) groups is 2. The molecule has 0 spiro atoms. The van der Waals surface area contributed by atoms with Crippen LogP contribution in [0.15, 0.2) is 11.8 Å². The topological polar surface area (TPSA) is 129 Å². The summed E-state index contributed by atoms with van der Waals surface area (Å²) in [6, 6.07) is -0.792. The summed E-state index contributed by atoms with van der Waals surface area (Å²) in [4.78, 5) is 26.5. The van der Waals surface area contributed by atoms with Crippen molar-refractivity contribution in [2.24, 2.45) is 0 Å². The van der Waals surface area contributed by atoms with Gasteiger partial charge in [0, 0.05) is 6.92 Å². The van der Waals surface area contributed by atoms with Crippen LogP contribution in [0, 0.1) is 0 Å². The van der Waals surface area contributed by atoms with E-state index < -0.39 is 105 Å². The zero-order valence-electron chi connectivity index (χ0n) is 34.4. The van der Waals surface area contributed by atoms with E-state index in [1.54, 1.807) is 6.08 Å². The number of rotatable bonds is 16. The lowest BCUT2D eigenvalue weighted by molar-refractivity contribution is -0.293. The Hall–Kier alpha value is -0.499. The fourth-order valence-electron chi connectivity index (χ4n) is 5.29. The van der Waals surface area contributed by atoms with Gasteiger partial charge in [0.25, 0.3) is 0 Å². The normalized spacial score (nSPS) is 28.8. The van der Waals surface area contributed by atoms with Gasteiger partial charge in [-0.05, 0) is 124 Å². The summed E-state index contributed by atoms with van der Waals surface area (Å²) in [6.45, 7) is 38.9. The maximum atomic E-state index is 13.6. The van der Waals surface area contributed by atoms with E-state index >= 15 is 0 Å². The Balaban J connectivity index is 2.83. The molecule has 8 atom stereocenters. The number of carbonyl (C=O) groups excluding carboxylic acids is 2. The van der Waals surface area contributed by atoms with Gasteiger partial charge in [-0.15, -0.1) is 0 Å². The van der Waals surface area contributed by atoms with Crippen LogP contribution >= 0.6 is 0 Å². The summed E-state index contributed by atoms with van der Waals surface area (Å²) >= 11 is 0. The summed E-state index contributed by atoms with van der Waals surface area (Å²) in [5.74, 6) is -0.843. The van der Waals surface area contributed by atoms with Crippen LogP contribution in [0.25, 0.3) is 0 Å². The zero-order valence-corrected chi connectivity index (χ0v) is 40.4. The van der Waals surface area contributed by atoms with Crippen molar-refractivity contribution in [3.63, 3.8) is 0 Å². The van der Waals surface area contributed by atoms with Crippen LogP contribution in [0.4, 0.5) is 0 Å². The Labute approximate surface area is 308 Å². The lowest BCUT2D eigenvalue weighted by Gasteiger charge is -2.51. The van der Waals surface area contributed by atoms with Crippen LogP contribution in [0.5, 0.6) is 0 Å². The minimum Gasteiger partial charge on any atom is -0.514 e. The first-order chi connectivity index (χ1) is 22.2. The van der Waals surface area contributed by atoms with Crippen molar-refractivity contribution >= 4 is 61.8 Å². The largest absolute Gasteiger partial charge is 0.514 e. The van der Waals surface area contributed by atoms with Gasteiger partial charge in [-0.1, -0.05) is 0 Å². The highest BCUT2D eigenvalue weighted by Crippen LogP contribution is 2.36. The van der Waals surface area contributed by atoms with E-state index in [9.17, 15) is 9.59 Å². The Kier molecular flexibility index (Phi) is 15.4. The number of hydrogen-bond donors (Lipinski definition) is 1. The Morgan fingerprint density at radius 1 is 0.640 bits per heavy atom. The SMILES string of the molecule is CC(=O)NC1C(O[Si](C)(C)C)OC(CO[Si](C)(C)C)C(O[Si](C)(C)C)C1OC1OC(C(=O)O[Si](C)(C)C)=CC(O[Si](C)(C)C)C1O[Si](C)(C)C. The smallest absolute Gasteiger partial charge is 0.360 e. The second-order valence-electron chi connectivity index (χ2n) is 19.1. The van der Waals surface area contributed by atoms with Gasteiger partial charge in [0.05, 0.1) is 12.7 Å². The summed E-state index contributed by atoms with van der Waals surface area (Å²) in [7, 11) is -13.3. The molecule has 0 bridgehead atoms. The molecule has 2 heterocycles. The molecule has 2 rings (SSSR count). The molecule has 50 heavy (non-hydrogen) atoms. The summed E-state index contributed by atoms with van der Waals surface area (Å²) in [6.07, 6.45) is -3.85.